The van der Waals surface area contributed by atoms with Crippen LogP contribution in [0.5, 0.6) is 0 Å². The minimum Gasteiger partial charge on any atom is -0.361 e. The third-order valence-electron chi connectivity index (χ3n) is 4.72. The molecule has 6 heteroatoms. The lowest BCUT2D eigenvalue weighted by atomic mass is 9.99. The molecule has 0 aliphatic rings. The lowest BCUT2D eigenvalue weighted by Gasteiger charge is -2.19. The van der Waals surface area contributed by atoms with Crippen LogP contribution < -0.4 is 4.72 Å². The van der Waals surface area contributed by atoms with Crippen LogP contribution in [0.25, 0.3) is 10.9 Å². The molecule has 0 saturated carbocycles. The van der Waals surface area contributed by atoms with Gasteiger partial charge in [-0.2, -0.15) is 4.72 Å². The molecule has 1 heterocycles. The van der Waals surface area contributed by atoms with Gasteiger partial charge in [0, 0.05) is 17.1 Å². The molecule has 1 unspecified atom stereocenters. The van der Waals surface area contributed by atoms with Gasteiger partial charge in [-0.25, -0.2) is 12.8 Å². The minimum atomic E-state index is -3.82. The van der Waals surface area contributed by atoms with Gasteiger partial charge >= 0.3 is 0 Å². The molecule has 0 spiro atoms. The lowest BCUT2D eigenvalue weighted by Crippen LogP contribution is -2.29. The van der Waals surface area contributed by atoms with E-state index in [1.54, 1.807) is 42.6 Å². The normalized spacial score (nSPS) is 12.9. The van der Waals surface area contributed by atoms with Crippen molar-refractivity contribution in [2.75, 3.05) is 0 Å². The summed E-state index contributed by atoms with van der Waals surface area (Å²) in [5.74, 6) is -0.420. The Balaban J connectivity index is 1.83. The van der Waals surface area contributed by atoms with E-state index in [1.165, 1.54) is 12.1 Å². The molecule has 0 aliphatic heterocycles. The summed E-state index contributed by atoms with van der Waals surface area (Å²) >= 11 is 0. The number of fused-ring (bicyclic) bond motifs is 1. The average Bonchev–Trinajstić information content (AvgIpc) is 3.10. The fourth-order valence-corrected chi connectivity index (χ4v) is 4.47. The number of hydrogen-bond donors (Lipinski definition) is 2. The van der Waals surface area contributed by atoms with Crippen molar-refractivity contribution in [2.24, 2.45) is 0 Å². The Morgan fingerprint density at radius 1 is 0.964 bits per heavy atom. The van der Waals surface area contributed by atoms with Gasteiger partial charge in [0.2, 0.25) is 10.0 Å². The highest BCUT2D eigenvalue weighted by Gasteiger charge is 2.25. The van der Waals surface area contributed by atoms with Crippen LogP contribution in [0.3, 0.4) is 0 Å². The van der Waals surface area contributed by atoms with Crippen molar-refractivity contribution < 1.29 is 12.8 Å². The maximum atomic E-state index is 13.9. The Kier molecular flexibility index (Phi) is 4.75. The zero-order valence-electron chi connectivity index (χ0n) is 15.2. The molecule has 0 saturated heterocycles. The van der Waals surface area contributed by atoms with Crippen LogP contribution in [0, 0.1) is 12.7 Å². The fraction of sp³-hybridized carbons (Fsp3) is 0.0909. The molecular formula is C22H19FN2O2S. The second-order valence-corrected chi connectivity index (χ2v) is 8.43. The SMILES string of the molecule is Cc1ccc(S(=O)(=O)NC(c2cccc(F)c2)c2c[nH]c3ccccc23)cc1. The molecule has 0 bridgehead atoms. The number of aromatic amines is 1. The highest BCUT2D eigenvalue weighted by molar-refractivity contribution is 7.89. The van der Waals surface area contributed by atoms with Crippen molar-refractivity contribution in [3.05, 3.63) is 102 Å². The van der Waals surface area contributed by atoms with E-state index in [2.05, 4.69) is 9.71 Å². The summed E-state index contributed by atoms with van der Waals surface area (Å²) < 4.78 is 42.7. The minimum absolute atomic E-state index is 0.166. The fourth-order valence-electron chi connectivity index (χ4n) is 3.27. The average molecular weight is 394 g/mol. The molecule has 3 aromatic carbocycles. The number of H-pyrrole nitrogens is 1. The molecule has 0 aliphatic carbocycles. The van der Waals surface area contributed by atoms with Crippen LogP contribution >= 0.6 is 0 Å². The molecule has 4 rings (SSSR count). The first kappa shape index (κ1) is 18.4. The van der Waals surface area contributed by atoms with Crippen molar-refractivity contribution in [3.63, 3.8) is 0 Å². The van der Waals surface area contributed by atoms with Gasteiger partial charge in [-0.05, 0) is 48.4 Å². The second kappa shape index (κ2) is 7.22. The summed E-state index contributed by atoms with van der Waals surface area (Å²) in [5.41, 5.74) is 3.11. The van der Waals surface area contributed by atoms with E-state index in [9.17, 15) is 12.8 Å². The summed E-state index contributed by atoms with van der Waals surface area (Å²) in [4.78, 5) is 3.32. The van der Waals surface area contributed by atoms with E-state index in [-0.39, 0.29) is 4.90 Å². The quantitative estimate of drug-likeness (QED) is 0.516. The molecule has 2 N–H and O–H groups in total. The third-order valence-corrected chi connectivity index (χ3v) is 6.16. The van der Waals surface area contributed by atoms with Crippen LogP contribution in [0.1, 0.15) is 22.7 Å². The van der Waals surface area contributed by atoms with Crippen molar-refractivity contribution in [2.45, 2.75) is 17.9 Å². The van der Waals surface area contributed by atoms with Crippen molar-refractivity contribution >= 4 is 20.9 Å². The number of rotatable bonds is 5. The van der Waals surface area contributed by atoms with E-state index >= 15 is 0 Å². The summed E-state index contributed by atoms with van der Waals surface area (Å²) in [7, 11) is -3.82. The predicted molar refractivity (Wildman–Crippen MR) is 108 cm³/mol. The number of benzene rings is 3. The number of hydrogen-bond acceptors (Lipinski definition) is 2. The van der Waals surface area contributed by atoms with Crippen LogP contribution in [0.2, 0.25) is 0 Å². The van der Waals surface area contributed by atoms with Crippen molar-refractivity contribution in [1.82, 2.24) is 9.71 Å². The van der Waals surface area contributed by atoms with E-state index < -0.39 is 21.9 Å². The smallest absolute Gasteiger partial charge is 0.241 e. The van der Waals surface area contributed by atoms with Gasteiger partial charge in [0.25, 0.3) is 0 Å². The monoisotopic (exact) mass is 394 g/mol. The number of aryl methyl sites for hydroxylation is 1. The summed E-state index contributed by atoms with van der Waals surface area (Å²) in [5, 5.41) is 0.878. The van der Waals surface area contributed by atoms with Crippen LogP contribution in [-0.4, -0.2) is 13.4 Å². The van der Waals surface area contributed by atoms with Crippen molar-refractivity contribution in [3.8, 4) is 0 Å². The van der Waals surface area contributed by atoms with Crippen LogP contribution in [0.4, 0.5) is 4.39 Å². The topological polar surface area (TPSA) is 62.0 Å². The number of halogens is 1. The summed E-state index contributed by atoms with van der Waals surface area (Å²) in [6, 6.07) is 19.5. The number of aromatic nitrogens is 1. The largest absolute Gasteiger partial charge is 0.361 e. The molecule has 4 nitrogen and oxygen atoms in total. The van der Waals surface area contributed by atoms with E-state index in [4.69, 9.17) is 0 Å². The molecule has 4 aromatic rings. The Morgan fingerprint density at radius 3 is 2.46 bits per heavy atom. The van der Waals surface area contributed by atoms with Gasteiger partial charge in [0.05, 0.1) is 10.9 Å². The second-order valence-electron chi connectivity index (χ2n) is 6.71. The summed E-state index contributed by atoms with van der Waals surface area (Å²) in [6.45, 7) is 1.89. The van der Waals surface area contributed by atoms with Gasteiger partial charge < -0.3 is 4.98 Å². The first-order valence-electron chi connectivity index (χ1n) is 8.84. The molecule has 0 fully saturated rings. The zero-order valence-corrected chi connectivity index (χ0v) is 16.0. The molecule has 0 radical (unpaired) electrons. The van der Waals surface area contributed by atoms with Crippen LogP contribution in [-0.2, 0) is 10.0 Å². The van der Waals surface area contributed by atoms with Gasteiger partial charge in [0.1, 0.15) is 5.82 Å². The standard InChI is InChI=1S/C22H19FN2O2S/c1-15-9-11-18(12-10-15)28(26,27)25-22(16-5-4-6-17(23)13-16)20-14-24-21-8-3-2-7-19(20)21/h2-14,22,24-25H,1H3. The highest BCUT2D eigenvalue weighted by atomic mass is 32.2. The van der Waals surface area contributed by atoms with Gasteiger partial charge in [-0.3, -0.25) is 0 Å². The Hall–Kier alpha value is -2.96. The highest BCUT2D eigenvalue weighted by Crippen LogP contribution is 2.31. The maximum Gasteiger partial charge on any atom is 0.241 e. The van der Waals surface area contributed by atoms with E-state index in [0.717, 1.165) is 22.0 Å². The van der Waals surface area contributed by atoms with Crippen LogP contribution in [0.15, 0.2) is 83.9 Å². The van der Waals surface area contributed by atoms with Gasteiger partial charge in [-0.1, -0.05) is 48.0 Å². The van der Waals surface area contributed by atoms with Crippen molar-refractivity contribution in [1.29, 1.82) is 0 Å². The predicted octanol–water partition coefficient (Wildman–Crippen LogP) is 4.68. The Bertz CT molecular complexity index is 1230. The van der Waals surface area contributed by atoms with Gasteiger partial charge in [0.15, 0.2) is 0 Å². The molecular weight excluding hydrogens is 375 g/mol. The molecule has 1 aromatic heterocycles. The Morgan fingerprint density at radius 2 is 1.71 bits per heavy atom. The molecule has 0 amide bonds. The van der Waals surface area contributed by atoms with E-state index in [0.29, 0.717) is 5.56 Å². The first-order chi connectivity index (χ1) is 13.4. The maximum absolute atomic E-state index is 13.9. The lowest BCUT2D eigenvalue weighted by molar-refractivity contribution is 0.570. The number of para-hydroxylation sites is 1. The third kappa shape index (κ3) is 3.56. The first-order valence-corrected chi connectivity index (χ1v) is 10.3. The summed E-state index contributed by atoms with van der Waals surface area (Å²) in [6.07, 6.45) is 1.76. The Labute approximate surface area is 163 Å². The number of nitrogens with one attached hydrogen (secondary N) is 2. The molecule has 28 heavy (non-hydrogen) atoms. The molecule has 1 atom stereocenters. The van der Waals surface area contributed by atoms with E-state index in [1.807, 2.05) is 31.2 Å². The van der Waals surface area contributed by atoms with Gasteiger partial charge in [-0.15, -0.1) is 0 Å². The molecule has 142 valence electrons. The number of sulfonamides is 1. The zero-order chi connectivity index (χ0) is 19.7.